The first-order chi connectivity index (χ1) is 6.10. The number of hydrogen-bond acceptors (Lipinski definition) is 1. The third-order valence-electron chi connectivity index (χ3n) is 3.36. The topological polar surface area (TPSA) is 20.2 Å². The summed E-state index contributed by atoms with van der Waals surface area (Å²) in [4.78, 5) is 0. The van der Waals surface area contributed by atoms with Crippen molar-refractivity contribution >= 4 is 0 Å². The summed E-state index contributed by atoms with van der Waals surface area (Å²) >= 11 is 0. The van der Waals surface area contributed by atoms with E-state index >= 15 is 0 Å². The van der Waals surface area contributed by atoms with Gasteiger partial charge in [0.25, 0.3) is 0 Å². The summed E-state index contributed by atoms with van der Waals surface area (Å²) in [7, 11) is 0. The zero-order valence-electron chi connectivity index (χ0n) is 9.14. The quantitative estimate of drug-likeness (QED) is 0.661. The molecule has 0 aromatic rings. The first-order valence-electron chi connectivity index (χ1n) is 5.42. The molecule has 0 radical (unpaired) electrons. The van der Waals surface area contributed by atoms with E-state index in [9.17, 15) is 5.11 Å². The lowest BCUT2D eigenvalue weighted by molar-refractivity contribution is -0.0343. The van der Waals surface area contributed by atoms with E-state index in [1.165, 1.54) is 24.8 Å². The molecule has 1 N–H and O–H groups in total. The molecule has 1 aliphatic rings. The molecule has 0 aliphatic heterocycles. The molecular formula is C12H22O. The van der Waals surface area contributed by atoms with Crippen molar-refractivity contribution < 1.29 is 5.11 Å². The summed E-state index contributed by atoms with van der Waals surface area (Å²) in [5.74, 6) is 0. The average molecular weight is 182 g/mol. The standard InChI is InChI=1S/C12H22O/c1-4-11(13)12(7-5-8-12)9-6-10(2)3/h6,11,13H,4-5,7-9H2,1-3H3/t11-/m0/s1. The number of rotatable bonds is 4. The van der Waals surface area contributed by atoms with Crippen LogP contribution in [-0.4, -0.2) is 11.2 Å². The van der Waals surface area contributed by atoms with Gasteiger partial charge in [-0.1, -0.05) is 25.0 Å². The van der Waals surface area contributed by atoms with Crippen LogP contribution in [0, 0.1) is 5.41 Å². The van der Waals surface area contributed by atoms with E-state index in [1.54, 1.807) is 0 Å². The van der Waals surface area contributed by atoms with E-state index in [0.29, 0.717) is 0 Å². The number of hydrogen-bond donors (Lipinski definition) is 1. The molecule has 0 bridgehead atoms. The van der Waals surface area contributed by atoms with Crippen LogP contribution in [0.2, 0.25) is 0 Å². The van der Waals surface area contributed by atoms with Gasteiger partial charge in [-0.05, 0) is 44.9 Å². The second kappa shape index (κ2) is 4.28. The van der Waals surface area contributed by atoms with Gasteiger partial charge in [0.15, 0.2) is 0 Å². The fourth-order valence-electron chi connectivity index (χ4n) is 2.14. The Kier molecular flexibility index (Phi) is 3.55. The van der Waals surface area contributed by atoms with Gasteiger partial charge >= 0.3 is 0 Å². The fraction of sp³-hybridized carbons (Fsp3) is 0.833. The maximum Gasteiger partial charge on any atom is 0.0596 e. The molecule has 1 heteroatoms. The molecule has 0 saturated heterocycles. The second-order valence-electron chi connectivity index (χ2n) is 4.63. The Balaban J connectivity index is 2.54. The molecular weight excluding hydrogens is 160 g/mol. The van der Waals surface area contributed by atoms with Gasteiger partial charge in [-0.15, -0.1) is 0 Å². The lowest BCUT2D eigenvalue weighted by Crippen LogP contribution is -2.40. The van der Waals surface area contributed by atoms with Crippen LogP contribution in [0.1, 0.15) is 52.9 Å². The molecule has 1 nitrogen and oxygen atoms in total. The van der Waals surface area contributed by atoms with E-state index in [4.69, 9.17) is 0 Å². The third kappa shape index (κ3) is 2.34. The Bertz CT molecular complexity index is 185. The highest BCUT2D eigenvalue weighted by Crippen LogP contribution is 2.48. The van der Waals surface area contributed by atoms with E-state index in [-0.39, 0.29) is 11.5 Å². The molecule has 1 rings (SSSR count). The molecule has 1 aliphatic carbocycles. The summed E-state index contributed by atoms with van der Waals surface area (Å²) in [5.41, 5.74) is 1.61. The Hall–Kier alpha value is -0.300. The first-order valence-corrected chi connectivity index (χ1v) is 5.42. The average Bonchev–Trinajstić information content (AvgIpc) is 2.01. The Morgan fingerprint density at radius 3 is 2.38 bits per heavy atom. The molecule has 13 heavy (non-hydrogen) atoms. The van der Waals surface area contributed by atoms with Crippen LogP contribution < -0.4 is 0 Å². The van der Waals surface area contributed by atoms with E-state index in [0.717, 1.165) is 12.8 Å². The van der Waals surface area contributed by atoms with Gasteiger partial charge < -0.3 is 5.11 Å². The summed E-state index contributed by atoms with van der Waals surface area (Å²) in [6, 6.07) is 0. The van der Waals surface area contributed by atoms with Crippen LogP contribution in [0.5, 0.6) is 0 Å². The highest BCUT2D eigenvalue weighted by atomic mass is 16.3. The predicted molar refractivity (Wildman–Crippen MR) is 56.6 cm³/mol. The molecule has 0 aromatic carbocycles. The monoisotopic (exact) mass is 182 g/mol. The van der Waals surface area contributed by atoms with Crippen molar-refractivity contribution in [3.8, 4) is 0 Å². The molecule has 0 unspecified atom stereocenters. The number of aliphatic hydroxyl groups excluding tert-OH is 1. The van der Waals surface area contributed by atoms with Crippen molar-refractivity contribution in [3.63, 3.8) is 0 Å². The van der Waals surface area contributed by atoms with E-state index in [1.807, 2.05) is 0 Å². The predicted octanol–water partition coefficient (Wildman–Crippen LogP) is 3.28. The summed E-state index contributed by atoms with van der Waals surface area (Å²) in [6.45, 7) is 6.34. The first kappa shape index (κ1) is 10.8. The molecule has 76 valence electrons. The minimum atomic E-state index is -0.0863. The van der Waals surface area contributed by atoms with Gasteiger partial charge in [-0.25, -0.2) is 0 Å². The fourth-order valence-corrected chi connectivity index (χ4v) is 2.14. The van der Waals surface area contributed by atoms with Gasteiger partial charge in [-0.2, -0.15) is 0 Å². The maximum absolute atomic E-state index is 9.91. The Morgan fingerprint density at radius 1 is 1.46 bits per heavy atom. The summed E-state index contributed by atoms with van der Waals surface area (Å²) in [5, 5.41) is 9.91. The van der Waals surface area contributed by atoms with Gasteiger partial charge in [-0.3, -0.25) is 0 Å². The van der Waals surface area contributed by atoms with Crippen molar-refractivity contribution in [2.75, 3.05) is 0 Å². The highest BCUT2D eigenvalue weighted by Gasteiger charge is 2.41. The SMILES string of the molecule is CC[C@H](O)C1(CC=C(C)C)CCC1. The van der Waals surface area contributed by atoms with E-state index < -0.39 is 0 Å². The molecule has 0 heterocycles. The third-order valence-corrected chi connectivity index (χ3v) is 3.36. The van der Waals surface area contributed by atoms with Crippen LogP contribution in [0.4, 0.5) is 0 Å². The number of aliphatic hydroxyl groups is 1. The van der Waals surface area contributed by atoms with E-state index in [2.05, 4.69) is 26.8 Å². The number of allylic oxidation sites excluding steroid dienone is 2. The smallest absolute Gasteiger partial charge is 0.0596 e. The largest absolute Gasteiger partial charge is 0.393 e. The van der Waals surface area contributed by atoms with Crippen LogP contribution in [-0.2, 0) is 0 Å². The van der Waals surface area contributed by atoms with Crippen LogP contribution in [0.15, 0.2) is 11.6 Å². The summed E-state index contributed by atoms with van der Waals surface area (Å²) in [6.07, 6.45) is 7.89. The van der Waals surface area contributed by atoms with Gasteiger partial charge in [0, 0.05) is 0 Å². The zero-order chi connectivity index (χ0) is 9.90. The maximum atomic E-state index is 9.91. The zero-order valence-corrected chi connectivity index (χ0v) is 9.14. The molecule has 1 saturated carbocycles. The lowest BCUT2D eigenvalue weighted by Gasteiger charge is -2.45. The van der Waals surface area contributed by atoms with Gasteiger partial charge in [0.05, 0.1) is 6.10 Å². The minimum Gasteiger partial charge on any atom is -0.393 e. The minimum absolute atomic E-state index is 0.0863. The Labute approximate surface area is 81.9 Å². The van der Waals surface area contributed by atoms with Crippen molar-refractivity contribution in [3.05, 3.63) is 11.6 Å². The Morgan fingerprint density at radius 2 is 2.08 bits per heavy atom. The van der Waals surface area contributed by atoms with Crippen molar-refractivity contribution in [2.45, 2.75) is 59.0 Å². The van der Waals surface area contributed by atoms with Crippen LogP contribution in [0.3, 0.4) is 0 Å². The second-order valence-corrected chi connectivity index (χ2v) is 4.63. The lowest BCUT2D eigenvalue weighted by atomic mass is 9.62. The molecule has 0 aromatic heterocycles. The molecule has 0 amide bonds. The van der Waals surface area contributed by atoms with Gasteiger partial charge in [0.2, 0.25) is 0 Å². The molecule has 1 atom stereocenters. The van der Waals surface area contributed by atoms with Crippen molar-refractivity contribution in [1.29, 1.82) is 0 Å². The molecule has 0 spiro atoms. The van der Waals surface area contributed by atoms with Crippen molar-refractivity contribution in [1.82, 2.24) is 0 Å². The molecule has 1 fully saturated rings. The highest BCUT2D eigenvalue weighted by molar-refractivity contribution is 5.03. The van der Waals surface area contributed by atoms with Crippen LogP contribution in [0.25, 0.3) is 0 Å². The van der Waals surface area contributed by atoms with Crippen molar-refractivity contribution in [2.24, 2.45) is 5.41 Å². The van der Waals surface area contributed by atoms with Crippen LogP contribution >= 0.6 is 0 Å². The summed E-state index contributed by atoms with van der Waals surface area (Å²) < 4.78 is 0. The van der Waals surface area contributed by atoms with Gasteiger partial charge in [0.1, 0.15) is 0 Å². The normalized spacial score (nSPS) is 21.8.